The van der Waals surface area contributed by atoms with Gasteiger partial charge >= 0.3 is 0 Å². The summed E-state index contributed by atoms with van der Waals surface area (Å²) in [6.45, 7) is 0.572. The lowest BCUT2D eigenvalue weighted by Gasteiger charge is -2.11. The number of hydrogen-bond donors (Lipinski definition) is 1. The average Bonchev–Trinajstić information content (AvgIpc) is 2.15. The van der Waals surface area contributed by atoms with E-state index in [1.54, 1.807) is 7.11 Å². The van der Waals surface area contributed by atoms with E-state index in [1.165, 1.54) is 0 Å². The van der Waals surface area contributed by atoms with Gasteiger partial charge in [0.1, 0.15) is 0 Å². The van der Waals surface area contributed by atoms with E-state index in [0.29, 0.717) is 13.0 Å². The Labute approximate surface area is 86.7 Å². The average molecular weight is 245 g/mol. The molecule has 0 saturated heterocycles. The molecule has 0 spiro atoms. The van der Waals surface area contributed by atoms with Crippen molar-refractivity contribution in [3.05, 3.63) is 34.3 Å². The summed E-state index contributed by atoms with van der Waals surface area (Å²) in [6.07, 6.45) is 0.176. The van der Waals surface area contributed by atoms with Crippen LogP contribution in [-0.4, -0.2) is 18.8 Å². The van der Waals surface area contributed by atoms with Crippen LogP contribution in [0.15, 0.2) is 28.7 Å². The maximum absolute atomic E-state index is 9.72. The Morgan fingerprint density at radius 3 is 2.77 bits per heavy atom. The van der Waals surface area contributed by atoms with Crippen molar-refractivity contribution in [2.75, 3.05) is 13.7 Å². The Bertz CT molecular complexity index is 263. The molecule has 0 heterocycles. The van der Waals surface area contributed by atoms with Crippen LogP contribution in [0.2, 0.25) is 0 Å². The van der Waals surface area contributed by atoms with Gasteiger partial charge in [-0.25, -0.2) is 0 Å². The molecule has 13 heavy (non-hydrogen) atoms. The number of halogens is 1. The van der Waals surface area contributed by atoms with E-state index < -0.39 is 6.10 Å². The first kappa shape index (κ1) is 10.7. The van der Waals surface area contributed by atoms with Crippen LogP contribution < -0.4 is 0 Å². The van der Waals surface area contributed by atoms with Crippen LogP contribution in [0.3, 0.4) is 0 Å². The fourth-order valence-electron chi connectivity index (χ4n) is 1.13. The third-order valence-corrected chi connectivity index (χ3v) is 2.58. The maximum Gasteiger partial charge on any atom is 0.0822 e. The zero-order chi connectivity index (χ0) is 9.68. The maximum atomic E-state index is 9.72. The van der Waals surface area contributed by atoms with Gasteiger partial charge in [-0.2, -0.15) is 0 Å². The molecular weight excluding hydrogens is 232 g/mol. The summed E-state index contributed by atoms with van der Waals surface area (Å²) < 4.78 is 5.84. The highest BCUT2D eigenvalue weighted by Crippen LogP contribution is 2.24. The van der Waals surface area contributed by atoms with Crippen LogP contribution in [0.5, 0.6) is 0 Å². The molecule has 1 atom stereocenters. The summed E-state index contributed by atoms with van der Waals surface area (Å²) in [5, 5.41) is 9.72. The zero-order valence-corrected chi connectivity index (χ0v) is 9.12. The second kappa shape index (κ2) is 5.37. The van der Waals surface area contributed by atoms with Crippen LogP contribution >= 0.6 is 15.9 Å². The molecule has 1 unspecified atom stereocenters. The van der Waals surface area contributed by atoms with Gasteiger partial charge in [-0.3, -0.25) is 0 Å². The molecule has 2 nitrogen and oxygen atoms in total. The van der Waals surface area contributed by atoms with Crippen LogP contribution in [0.25, 0.3) is 0 Å². The van der Waals surface area contributed by atoms with Crippen molar-refractivity contribution >= 4 is 15.9 Å². The van der Waals surface area contributed by atoms with E-state index >= 15 is 0 Å². The lowest BCUT2D eigenvalue weighted by molar-refractivity contribution is 0.110. The van der Waals surface area contributed by atoms with E-state index in [0.717, 1.165) is 10.0 Å². The van der Waals surface area contributed by atoms with Crippen LogP contribution in [-0.2, 0) is 4.74 Å². The molecule has 72 valence electrons. The van der Waals surface area contributed by atoms with Crippen LogP contribution in [0.4, 0.5) is 0 Å². The molecule has 0 aliphatic heterocycles. The van der Waals surface area contributed by atoms with Crippen molar-refractivity contribution in [1.29, 1.82) is 0 Å². The first-order chi connectivity index (χ1) is 6.25. The predicted molar refractivity (Wildman–Crippen MR) is 55.6 cm³/mol. The highest BCUT2D eigenvalue weighted by molar-refractivity contribution is 9.10. The number of methoxy groups -OCH3 is 1. The van der Waals surface area contributed by atoms with Gasteiger partial charge in [-0.1, -0.05) is 34.1 Å². The van der Waals surface area contributed by atoms with Gasteiger partial charge in [-0.05, 0) is 11.6 Å². The third-order valence-electron chi connectivity index (χ3n) is 1.86. The Morgan fingerprint density at radius 1 is 1.46 bits per heavy atom. The minimum atomic E-state index is -0.449. The normalized spacial score (nSPS) is 12.8. The summed E-state index contributed by atoms with van der Waals surface area (Å²) in [7, 11) is 1.63. The zero-order valence-electron chi connectivity index (χ0n) is 7.53. The van der Waals surface area contributed by atoms with Gasteiger partial charge in [0, 0.05) is 24.6 Å². The third kappa shape index (κ3) is 3.10. The van der Waals surface area contributed by atoms with E-state index in [4.69, 9.17) is 4.74 Å². The topological polar surface area (TPSA) is 29.5 Å². The number of ether oxygens (including phenoxy) is 1. The van der Waals surface area contributed by atoms with Crippen LogP contribution in [0.1, 0.15) is 18.1 Å². The molecule has 0 aliphatic carbocycles. The van der Waals surface area contributed by atoms with Crippen molar-refractivity contribution in [3.63, 3.8) is 0 Å². The second-order valence-corrected chi connectivity index (χ2v) is 3.67. The smallest absolute Gasteiger partial charge is 0.0822 e. The summed E-state index contributed by atoms with van der Waals surface area (Å²) in [5.74, 6) is 0. The van der Waals surface area contributed by atoms with Crippen molar-refractivity contribution in [1.82, 2.24) is 0 Å². The van der Waals surface area contributed by atoms with Gasteiger partial charge < -0.3 is 9.84 Å². The minimum Gasteiger partial charge on any atom is -0.388 e. The molecule has 0 aliphatic rings. The number of benzene rings is 1. The largest absolute Gasteiger partial charge is 0.388 e. The highest BCUT2D eigenvalue weighted by atomic mass is 79.9. The van der Waals surface area contributed by atoms with Gasteiger partial charge in [0.25, 0.3) is 0 Å². The molecule has 3 heteroatoms. The van der Waals surface area contributed by atoms with Gasteiger partial charge in [0.15, 0.2) is 0 Å². The molecule has 0 fully saturated rings. The fraction of sp³-hybridized carbons (Fsp3) is 0.400. The molecule has 0 bridgehead atoms. The first-order valence-corrected chi connectivity index (χ1v) is 4.96. The summed E-state index contributed by atoms with van der Waals surface area (Å²) >= 11 is 3.39. The number of rotatable bonds is 4. The van der Waals surface area contributed by atoms with Crippen molar-refractivity contribution in [3.8, 4) is 0 Å². The highest BCUT2D eigenvalue weighted by Gasteiger charge is 2.09. The van der Waals surface area contributed by atoms with E-state index in [2.05, 4.69) is 15.9 Å². The molecule has 1 aromatic rings. The SMILES string of the molecule is COCCC(O)c1ccccc1Br. The van der Waals surface area contributed by atoms with Crippen LogP contribution in [0, 0.1) is 0 Å². The standard InChI is InChI=1S/C10H13BrO2/c1-13-7-6-10(12)8-4-2-3-5-9(8)11/h2-5,10,12H,6-7H2,1H3. The second-order valence-electron chi connectivity index (χ2n) is 2.82. The fourth-order valence-corrected chi connectivity index (χ4v) is 1.68. The number of aliphatic hydroxyl groups excluding tert-OH is 1. The molecule has 0 radical (unpaired) electrons. The molecule has 0 amide bonds. The Hall–Kier alpha value is -0.380. The van der Waals surface area contributed by atoms with E-state index in [-0.39, 0.29) is 0 Å². The molecule has 0 saturated carbocycles. The first-order valence-electron chi connectivity index (χ1n) is 4.17. The van der Waals surface area contributed by atoms with Gasteiger partial charge in [0.2, 0.25) is 0 Å². The van der Waals surface area contributed by atoms with Crippen molar-refractivity contribution < 1.29 is 9.84 Å². The quantitative estimate of drug-likeness (QED) is 0.883. The number of aliphatic hydroxyl groups is 1. The van der Waals surface area contributed by atoms with Crippen molar-refractivity contribution in [2.24, 2.45) is 0 Å². The van der Waals surface area contributed by atoms with E-state index in [9.17, 15) is 5.11 Å². The number of hydrogen-bond acceptors (Lipinski definition) is 2. The summed E-state index contributed by atoms with van der Waals surface area (Å²) in [4.78, 5) is 0. The summed E-state index contributed by atoms with van der Waals surface area (Å²) in [5.41, 5.74) is 0.916. The Balaban J connectivity index is 2.65. The Kier molecular flexibility index (Phi) is 4.42. The molecule has 1 N–H and O–H groups in total. The van der Waals surface area contributed by atoms with E-state index in [1.807, 2.05) is 24.3 Å². The molecule has 1 rings (SSSR count). The Morgan fingerprint density at radius 2 is 2.15 bits per heavy atom. The molecule has 1 aromatic carbocycles. The van der Waals surface area contributed by atoms with Gasteiger partial charge in [-0.15, -0.1) is 0 Å². The lowest BCUT2D eigenvalue weighted by atomic mass is 10.1. The van der Waals surface area contributed by atoms with Gasteiger partial charge in [0.05, 0.1) is 6.10 Å². The minimum absolute atomic E-state index is 0.449. The summed E-state index contributed by atoms with van der Waals surface area (Å²) in [6, 6.07) is 7.67. The predicted octanol–water partition coefficient (Wildman–Crippen LogP) is 2.52. The molecular formula is C10H13BrO2. The van der Waals surface area contributed by atoms with Crippen molar-refractivity contribution in [2.45, 2.75) is 12.5 Å². The lowest BCUT2D eigenvalue weighted by Crippen LogP contribution is -2.02. The molecule has 0 aromatic heterocycles. The monoisotopic (exact) mass is 244 g/mol.